The number of aromatic amines is 1. The number of aryl methyl sites for hydroxylation is 3. The number of hydrogen-bond donors (Lipinski definition) is 1. The van der Waals surface area contributed by atoms with Gasteiger partial charge in [-0.2, -0.15) is 5.26 Å². The summed E-state index contributed by atoms with van der Waals surface area (Å²) in [5.74, 6) is -6.62. The fraction of sp³-hybridized carbons (Fsp3) is 0.243. The van der Waals surface area contributed by atoms with Crippen molar-refractivity contribution in [1.82, 2.24) is 4.98 Å². The molecule has 1 aliphatic heterocycles. The van der Waals surface area contributed by atoms with Crippen molar-refractivity contribution in [3.05, 3.63) is 122 Å². The summed E-state index contributed by atoms with van der Waals surface area (Å²) in [6.07, 6.45) is 0. The van der Waals surface area contributed by atoms with Crippen LogP contribution in [0.5, 0.6) is 23.1 Å². The first-order valence-corrected chi connectivity index (χ1v) is 15.1. The summed E-state index contributed by atoms with van der Waals surface area (Å²) < 4.78 is 90.7. The van der Waals surface area contributed by atoms with Crippen molar-refractivity contribution >= 4 is 11.7 Å². The number of nitriles is 1. The maximum absolute atomic E-state index is 16.2. The van der Waals surface area contributed by atoms with Crippen LogP contribution in [0.1, 0.15) is 67.1 Å². The highest BCUT2D eigenvalue weighted by Gasteiger charge is 2.36. The predicted octanol–water partition coefficient (Wildman–Crippen LogP) is 10.4. The van der Waals surface area contributed by atoms with E-state index in [1.54, 1.807) is 13.8 Å². The Morgan fingerprint density at radius 3 is 1.85 bits per heavy atom. The molecule has 0 saturated heterocycles. The van der Waals surface area contributed by atoms with Crippen molar-refractivity contribution in [2.24, 2.45) is 10.9 Å². The lowest BCUT2D eigenvalue weighted by Gasteiger charge is -2.19. The third-order valence-corrected chi connectivity index (χ3v) is 7.62. The molecule has 3 aromatic carbocycles. The fourth-order valence-corrected chi connectivity index (χ4v) is 5.61. The first kappa shape index (κ1) is 34.0. The summed E-state index contributed by atoms with van der Waals surface area (Å²) in [6, 6.07) is 11.2. The molecule has 4 aromatic rings. The van der Waals surface area contributed by atoms with Gasteiger partial charge < -0.3 is 19.2 Å². The van der Waals surface area contributed by atoms with Crippen LogP contribution in [0.4, 0.5) is 22.0 Å². The maximum atomic E-state index is 16.2. The zero-order chi connectivity index (χ0) is 35.0. The summed E-state index contributed by atoms with van der Waals surface area (Å²) in [4.78, 5) is 7.48. The van der Waals surface area contributed by atoms with Gasteiger partial charge in [-0.25, -0.2) is 26.9 Å². The molecule has 0 radical (unpaired) electrons. The maximum Gasteiger partial charge on any atom is 0.257 e. The molecular formula is C37H32F5N3O3. The fourth-order valence-electron chi connectivity index (χ4n) is 5.61. The molecule has 11 heteroatoms. The third-order valence-electron chi connectivity index (χ3n) is 7.62. The van der Waals surface area contributed by atoms with Gasteiger partial charge in [0.05, 0.1) is 5.69 Å². The molecule has 0 fully saturated rings. The van der Waals surface area contributed by atoms with Crippen molar-refractivity contribution in [1.29, 1.82) is 5.26 Å². The zero-order valence-electron chi connectivity index (χ0n) is 27.3. The Morgan fingerprint density at radius 1 is 0.792 bits per heavy atom. The molecule has 2 heterocycles. The Bertz CT molecular complexity index is 2050. The quantitative estimate of drug-likeness (QED) is 0.151. The Labute approximate surface area is 274 Å². The van der Waals surface area contributed by atoms with E-state index in [0.717, 1.165) is 41.0 Å². The third kappa shape index (κ3) is 6.56. The van der Waals surface area contributed by atoms with Gasteiger partial charge in [0.2, 0.25) is 5.88 Å². The second-order valence-electron chi connectivity index (χ2n) is 12.0. The van der Waals surface area contributed by atoms with Gasteiger partial charge in [-0.15, -0.1) is 0 Å². The highest BCUT2D eigenvalue weighted by atomic mass is 19.1. The minimum Gasteiger partial charge on any atom is -0.452 e. The van der Waals surface area contributed by atoms with Gasteiger partial charge in [0.1, 0.15) is 34.7 Å². The molecular weight excluding hydrogens is 629 g/mol. The monoisotopic (exact) mass is 661 g/mol. The van der Waals surface area contributed by atoms with Crippen LogP contribution < -0.4 is 14.2 Å². The number of benzene rings is 3. The van der Waals surface area contributed by atoms with E-state index >= 15 is 4.39 Å². The van der Waals surface area contributed by atoms with Crippen LogP contribution in [0, 0.1) is 61.3 Å². The minimum atomic E-state index is -1.06. The van der Waals surface area contributed by atoms with Gasteiger partial charge in [-0.3, -0.25) is 0 Å². The summed E-state index contributed by atoms with van der Waals surface area (Å²) in [5.41, 5.74) is 3.07. The van der Waals surface area contributed by atoms with Crippen molar-refractivity contribution in [3.8, 4) is 29.2 Å². The van der Waals surface area contributed by atoms with Gasteiger partial charge in [0, 0.05) is 23.3 Å². The summed E-state index contributed by atoms with van der Waals surface area (Å²) in [7, 11) is 0. The normalized spacial score (nSPS) is 14.1. The van der Waals surface area contributed by atoms with Crippen molar-refractivity contribution < 1.29 is 36.2 Å². The van der Waals surface area contributed by atoms with Crippen molar-refractivity contribution in [2.45, 2.75) is 54.4 Å². The number of H-pyrrole nitrogens is 1. The van der Waals surface area contributed by atoms with Crippen LogP contribution in [-0.4, -0.2) is 10.9 Å². The summed E-state index contributed by atoms with van der Waals surface area (Å²) in [6.45, 7) is 12.7. The van der Waals surface area contributed by atoms with E-state index in [1.165, 1.54) is 0 Å². The Hall–Kier alpha value is -5.37. The smallest absolute Gasteiger partial charge is 0.257 e. The van der Waals surface area contributed by atoms with Gasteiger partial charge in [-0.1, -0.05) is 45.4 Å². The molecule has 0 unspecified atom stereocenters. The predicted molar refractivity (Wildman–Crippen MR) is 172 cm³/mol. The molecule has 6 nitrogen and oxygen atoms in total. The van der Waals surface area contributed by atoms with E-state index < -0.39 is 46.7 Å². The average Bonchev–Trinajstić information content (AvgIpc) is 3.52. The number of aliphatic imine (C=N–C) groups is 1. The Kier molecular flexibility index (Phi) is 9.48. The standard InChI is InChI=1S/C37H32F5N3O3/c1-17(2)29-24(16-43)36(46-27-10-8-22(38)14-25(27)40)44-32(29)35(48-34-20(6)12-19(5)13-21(34)7)33-30(18(3)4)31(42)37(45-33)47-28-11-9-23(39)15-26(28)41/h8-15,17-18,44H,1-7H3. The summed E-state index contributed by atoms with van der Waals surface area (Å²) in [5, 5.41) is 10.3. The molecule has 0 amide bonds. The zero-order valence-corrected chi connectivity index (χ0v) is 27.3. The lowest BCUT2D eigenvalue weighted by atomic mass is 9.94. The largest absolute Gasteiger partial charge is 0.452 e. The number of ether oxygens (including phenoxy) is 3. The number of hydrogen-bond acceptors (Lipinski definition) is 5. The van der Waals surface area contributed by atoms with Crippen molar-refractivity contribution in [2.75, 3.05) is 0 Å². The lowest BCUT2D eigenvalue weighted by Crippen LogP contribution is -2.09. The molecule has 0 aliphatic carbocycles. The molecule has 48 heavy (non-hydrogen) atoms. The number of nitrogens with one attached hydrogen (secondary N) is 1. The van der Waals surface area contributed by atoms with Crippen LogP contribution in [0.15, 0.2) is 70.6 Å². The first-order valence-electron chi connectivity index (χ1n) is 15.1. The number of rotatable bonds is 8. The Balaban J connectivity index is 1.80. The van der Waals surface area contributed by atoms with Gasteiger partial charge in [0.25, 0.3) is 5.90 Å². The molecule has 0 spiro atoms. The minimum absolute atomic E-state index is 0.00477. The Morgan fingerprint density at radius 2 is 1.35 bits per heavy atom. The first-order chi connectivity index (χ1) is 22.7. The molecule has 0 atom stereocenters. The van der Waals surface area contributed by atoms with Crippen LogP contribution in [0.3, 0.4) is 0 Å². The van der Waals surface area contributed by atoms with Crippen LogP contribution >= 0.6 is 0 Å². The topological polar surface area (TPSA) is 79.6 Å². The second-order valence-corrected chi connectivity index (χ2v) is 12.0. The highest BCUT2D eigenvalue weighted by Crippen LogP contribution is 2.44. The van der Waals surface area contributed by atoms with E-state index in [0.29, 0.717) is 23.4 Å². The second kappa shape index (κ2) is 13.4. The SMILES string of the molecule is Cc1cc(C)c(OC(=C2N=C(Oc3ccc(F)cc3F)C(F)=C2C(C)C)c2[nH]c(Oc3ccc(F)cc3F)c(C#N)c2C(C)C)c(C)c1. The van der Waals surface area contributed by atoms with Gasteiger partial charge in [-0.05, 0) is 68.0 Å². The number of allylic oxidation sites excluding steroid dienone is 1. The average molecular weight is 662 g/mol. The van der Waals surface area contributed by atoms with E-state index in [1.807, 2.05) is 46.8 Å². The van der Waals surface area contributed by atoms with E-state index in [9.17, 15) is 22.8 Å². The number of halogens is 5. The molecule has 5 rings (SSSR count). The molecule has 248 valence electrons. The van der Waals surface area contributed by atoms with Crippen LogP contribution in [0.25, 0.3) is 5.76 Å². The van der Waals surface area contributed by atoms with E-state index in [2.05, 4.69) is 16.0 Å². The molecule has 1 N–H and O–H groups in total. The molecule has 1 aromatic heterocycles. The summed E-state index contributed by atoms with van der Waals surface area (Å²) >= 11 is 0. The van der Waals surface area contributed by atoms with Crippen molar-refractivity contribution in [3.63, 3.8) is 0 Å². The van der Waals surface area contributed by atoms with E-state index in [-0.39, 0.29) is 45.8 Å². The van der Waals surface area contributed by atoms with Crippen LogP contribution in [0.2, 0.25) is 0 Å². The number of nitrogens with zero attached hydrogens (tertiary/aromatic N) is 2. The highest BCUT2D eigenvalue weighted by molar-refractivity contribution is 6.00. The molecule has 0 bridgehead atoms. The van der Waals surface area contributed by atoms with E-state index in [4.69, 9.17) is 14.2 Å². The van der Waals surface area contributed by atoms with Crippen LogP contribution in [-0.2, 0) is 0 Å². The van der Waals surface area contributed by atoms with Gasteiger partial charge >= 0.3 is 0 Å². The molecule has 1 aliphatic rings. The number of aromatic nitrogens is 1. The molecule has 0 saturated carbocycles. The lowest BCUT2D eigenvalue weighted by molar-refractivity contribution is 0.423. The van der Waals surface area contributed by atoms with Gasteiger partial charge in [0.15, 0.2) is 34.7 Å².